The van der Waals surface area contributed by atoms with Crippen LogP contribution in [0.1, 0.15) is 21.7 Å². The zero-order valence-electron chi connectivity index (χ0n) is 11.0. The normalized spacial score (nSPS) is 11.0. The van der Waals surface area contributed by atoms with Gasteiger partial charge in [0, 0.05) is 12.4 Å². The summed E-state index contributed by atoms with van der Waals surface area (Å²) in [4.78, 5) is 23.3. The van der Waals surface area contributed by atoms with Crippen LogP contribution in [0.2, 0.25) is 5.02 Å². The third-order valence-electron chi connectivity index (χ3n) is 3.06. The molecule has 3 aromatic heterocycles. The van der Waals surface area contributed by atoms with Crippen LogP contribution in [-0.4, -0.2) is 35.8 Å². The fourth-order valence-corrected chi connectivity index (χ4v) is 2.45. The summed E-state index contributed by atoms with van der Waals surface area (Å²) in [5.41, 5.74) is 1.89. The second kappa shape index (κ2) is 5.10. The monoisotopic (exact) mass is 303 g/mol. The number of pyridine rings is 1. The molecule has 0 aliphatic carbocycles. The van der Waals surface area contributed by atoms with Crippen LogP contribution >= 0.6 is 11.6 Å². The molecule has 21 heavy (non-hydrogen) atoms. The first-order chi connectivity index (χ1) is 10.1. The van der Waals surface area contributed by atoms with E-state index in [0.717, 1.165) is 5.69 Å². The molecule has 0 spiro atoms. The largest absolute Gasteiger partial charge is 0.478 e. The number of aryl methyl sites for hydroxylation is 1. The van der Waals surface area contributed by atoms with Gasteiger partial charge in [-0.2, -0.15) is 5.10 Å². The van der Waals surface area contributed by atoms with Crippen molar-refractivity contribution in [3.63, 3.8) is 0 Å². The molecule has 0 aliphatic rings. The summed E-state index contributed by atoms with van der Waals surface area (Å²) in [6, 6.07) is 1.77. The highest BCUT2D eigenvalue weighted by molar-refractivity contribution is 6.38. The number of carboxylic acids is 1. The van der Waals surface area contributed by atoms with Gasteiger partial charge in [-0.05, 0) is 13.0 Å². The highest BCUT2D eigenvalue weighted by Crippen LogP contribution is 2.28. The van der Waals surface area contributed by atoms with E-state index in [1.54, 1.807) is 23.9 Å². The number of hydrogen-bond donors (Lipinski definition) is 1. The quantitative estimate of drug-likeness (QED) is 0.794. The zero-order valence-corrected chi connectivity index (χ0v) is 11.7. The molecule has 0 radical (unpaired) electrons. The van der Waals surface area contributed by atoms with E-state index in [0.29, 0.717) is 23.3 Å². The third kappa shape index (κ3) is 2.31. The first-order valence-corrected chi connectivity index (χ1v) is 6.45. The highest BCUT2D eigenvalue weighted by Gasteiger charge is 2.18. The second-order valence-corrected chi connectivity index (χ2v) is 4.81. The van der Waals surface area contributed by atoms with Gasteiger partial charge in [-0.15, -0.1) is 0 Å². The number of aromatic nitrogens is 5. The Bertz CT molecular complexity index is 831. The molecule has 0 amide bonds. The van der Waals surface area contributed by atoms with Gasteiger partial charge in [0.1, 0.15) is 6.33 Å². The Morgan fingerprint density at radius 2 is 2.24 bits per heavy atom. The Kier molecular flexibility index (Phi) is 3.26. The van der Waals surface area contributed by atoms with Crippen LogP contribution in [0.5, 0.6) is 0 Å². The lowest BCUT2D eigenvalue weighted by molar-refractivity contribution is 0.0697. The lowest BCUT2D eigenvalue weighted by atomic mass is 10.2. The fourth-order valence-electron chi connectivity index (χ4n) is 2.10. The van der Waals surface area contributed by atoms with Crippen LogP contribution in [0.3, 0.4) is 0 Å². The average molecular weight is 304 g/mol. The van der Waals surface area contributed by atoms with Gasteiger partial charge in [-0.25, -0.2) is 24.4 Å². The summed E-state index contributed by atoms with van der Waals surface area (Å²) in [7, 11) is 0. The predicted molar refractivity (Wildman–Crippen MR) is 75.4 cm³/mol. The SMILES string of the molecule is Cc1nn(Cc2ccncn2)c2ncc(C(=O)O)c(Cl)c12. The maximum atomic E-state index is 11.1. The first kappa shape index (κ1) is 13.4. The molecule has 0 unspecified atom stereocenters. The Hall–Kier alpha value is -2.54. The van der Waals surface area contributed by atoms with E-state index in [1.807, 2.05) is 0 Å². The average Bonchev–Trinajstić information content (AvgIpc) is 2.77. The number of hydrogen-bond acceptors (Lipinski definition) is 5. The van der Waals surface area contributed by atoms with Gasteiger partial charge < -0.3 is 5.11 Å². The van der Waals surface area contributed by atoms with Crippen molar-refractivity contribution in [2.75, 3.05) is 0 Å². The number of fused-ring (bicyclic) bond motifs is 1. The van der Waals surface area contributed by atoms with Gasteiger partial charge in [-0.3, -0.25) is 0 Å². The number of carbonyl (C=O) groups is 1. The molecule has 1 N–H and O–H groups in total. The van der Waals surface area contributed by atoms with Crippen molar-refractivity contribution in [3.8, 4) is 0 Å². The fraction of sp³-hybridized carbons (Fsp3) is 0.154. The molecule has 8 heteroatoms. The molecule has 3 aromatic rings. The van der Waals surface area contributed by atoms with Crippen molar-refractivity contribution >= 4 is 28.6 Å². The molecule has 0 saturated carbocycles. The van der Waals surface area contributed by atoms with E-state index < -0.39 is 5.97 Å². The van der Waals surface area contributed by atoms with E-state index in [4.69, 9.17) is 16.7 Å². The van der Waals surface area contributed by atoms with Crippen molar-refractivity contribution in [2.45, 2.75) is 13.5 Å². The summed E-state index contributed by atoms with van der Waals surface area (Å²) < 4.78 is 1.64. The molecule has 7 nitrogen and oxygen atoms in total. The molecule has 3 rings (SSSR count). The minimum Gasteiger partial charge on any atom is -0.478 e. The summed E-state index contributed by atoms with van der Waals surface area (Å²) in [5, 5.41) is 14.2. The van der Waals surface area contributed by atoms with E-state index in [9.17, 15) is 4.79 Å². The Morgan fingerprint density at radius 1 is 1.43 bits per heavy atom. The third-order valence-corrected chi connectivity index (χ3v) is 3.45. The van der Waals surface area contributed by atoms with Crippen molar-refractivity contribution in [1.29, 1.82) is 0 Å². The maximum Gasteiger partial charge on any atom is 0.338 e. The van der Waals surface area contributed by atoms with Gasteiger partial charge in [0.15, 0.2) is 5.65 Å². The zero-order chi connectivity index (χ0) is 15.0. The van der Waals surface area contributed by atoms with E-state index in [-0.39, 0.29) is 10.6 Å². The van der Waals surface area contributed by atoms with Crippen LogP contribution in [0.25, 0.3) is 11.0 Å². The first-order valence-electron chi connectivity index (χ1n) is 6.07. The lowest BCUT2D eigenvalue weighted by Gasteiger charge is -2.03. The minimum absolute atomic E-state index is 0.0335. The number of carboxylic acid groups (broad SMARTS) is 1. The summed E-state index contributed by atoms with van der Waals surface area (Å²) in [5.74, 6) is -1.11. The molecule has 0 atom stereocenters. The van der Waals surface area contributed by atoms with Crippen molar-refractivity contribution in [2.24, 2.45) is 0 Å². The molecule has 0 saturated heterocycles. The Labute approximate surface area is 124 Å². The molecule has 0 bridgehead atoms. The Morgan fingerprint density at radius 3 is 2.90 bits per heavy atom. The second-order valence-electron chi connectivity index (χ2n) is 4.43. The molecular formula is C13H10ClN5O2. The topological polar surface area (TPSA) is 93.8 Å². The van der Waals surface area contributed by atoms with Crippen molar-refractivity contribution < 1.29 is 9.90 Å². The van der Waals surface area contributed by atoms with Gasteiger partial charge in [0.2, 0.25) is 0 Å². The molecule has 106 valence electrons. The number of aromatic carboxylic acids is 1. The van der Waals surface area contributed by atoms with Crippen molar-refractivity contribution in [3.05, 3.63) is 46.8 Å². The van der Waals surface area contributed by atoms with Gasteiger partial charge in [-0.1, -0.05) is 11.6 Å². The van der Waals surface area contributed by atoms with Gasteiger partial charge in [0.05, 0.1) is 33.9 Å². The minimum atomic E-state index is -1.11. The molecule has 3 heterocycles. The van der Waals surface area contributed by atoms with Crippen LogP contribution in [0.15, 0.2) is 24.8 Å². The predicted octanol–water partition coefficient (Wildman–Crippen LogP) is 1.93. The van der Waals surface area contributed by atoms with Crippen LogP contribution in [0, 0.1) is 6.92 Å². The standard InChI is InChI=1S/C13H10ClN5O2/c1-7-10-11(14)9(13(20)21)4-16-12(10)19(18-7)5-8-2-3-15-6-17-8/h2-4,6H,5H2,1H3,(H,20,21). The van der Waals surface area contributed by atoms with Crippen molar-refractivity contribution in [1.82, 2.24) is 24.7 Å². The molecule has 0 fully saturated rings. The number of rotatable bonds is 3. The van der Waals surface area contributed by atoms with Gasteiger partial charge in [0.25, 0.3) is 0 Å². The van der Waals surface area contributed by atoms with Gasteiger partial charge >= 0.3 is 5.97 Å². The number of halogens is 1. The highest BCUT2D eigenvalue weighted by atomic mass is 35.5. The maximum absolute atomic E-state index is 11.1. The Balaban J connectivity index is 2.14. The summed E-state index contributed by atoms with van der Waals surface area (Å²) in [6.07, 6.45) is 4.34. The van der Waals surface area contributed by atoms with E-state index >= 15 is 0 Å². The van der Waals surface area contributed by atoms with E-state index in [1.165, 1.54) is 12.5 Å². The lowest BCUT2D eigenvalue weighted by Crippen LogP contribution is -2.05. The van der Waals surface area contributed by atoms with Crippen LogP contribution in [-0.2, 0) is 6.54 Å². The smallest absolute Gasteiger partial charge is 0.338 e. The van der Waals surface area contributed by atoms with Crippen LogP contribution in [0.4, 0.5) is 0 Å². The summed E-state index contributed by atoms with van der Waals surface area (Å²) >= 11 is 6.16. The summed E-state index contributed by atoms with van der Waals surface area (Å²) in [6.45, 7) is 2.17. The molecule has 0 aromatic carbocycles. The molecular weight excluding hydrogens is 294 g/mol. The molecule has 0 aliphatic heterocycles. The van der Waals surface area contributed by atoms with E-state index in [2.05, 4.69) is 20.1 Å². The number of nitrogens with zero attached hydrogens (tertiary/aromatic N) is 5. The van der Waals surface area contributed by atoms with Crippen LogP contribution < -0.4 is 0 Å².